The number of primary amides is 1. The molecule has 0 unspecified atom stereocenters. The lowest BCUT2D eigenvalue weighted by Crippen LogP contribution is -2.59. The molecule has 0 radical (unpaired) electrons. The fourth-order valence-corrected chi connectivity index (χ4v) is 3.74. The van der Waals surface area contributed by atoms with Crippen molar-refractivity contribution >= 4 is 17.6 Å². The first-order valence-corrected chi connectivity index (χ1v) is 9.23. The number of anilines is 1. The van der Waals surface area contributed by atoms with Crippen molar-refractivity contribution in [3.8, 4) is 0 Å². The molecule has 0 saturated carbocycles. The number of rotatable bonds is 3. The SMILES string of the molecule is CN1CCN(C(=O)C2CCN(c3ccc(C(F)(F)F)cn3)CC2)C[C@H]1C(N)=O. The second kappa shape index (κ2) is 7.94. The van der Waals surface area contributed by atoms with Crippen LogP contribution >= 0.6 is 0 Å². The smallest absolute Gasteiger partial charge is 0.368 e. The Labute approximate surface area is 161 Å². The molecule has 2 N–H and O–H groups in total. The summed E-state index contributed by atoms with van der Waals surface area (Å²) >= 11 is 0. The van der Waals surface area contributed by atoms with E-state index >= 15 is 0 Å². The number of alkyl halides is 3. The number of piperazine rings is 1. The molecule has 1 aromatic heterocycles. The highest BCUT2D eigenvalue weighted by Gasteiger charge is 2.35. The summed E-state index contributed by atoms with van der Waals surface area (Å²) in [4.78, 5) is 33.7. The van der Waals surface area contributed by atoms with Crippen molar-refractivity contribution in [3.05, 3.63) is 23.9 Å². The molecule has 7 nitrogen and oxygen atoms in total. The number of halogens is 3. The maximum absolute atomic E-state index is 12.8. The average Bonchev–Trinajstić information content (AvgIpc) is 2.67. The van der Waals surface area contributed by atoms with Gasteiger partial charge in [-0.25, -0.2) is 4.98 Å². The molecule has 0 aromatic carbocycles. The number of hydrogen-bond donors (Lipinski definition) is 1. The van der Waals surface area contributed by atoms with Gasteiger partial charge in [-0.05, 0) is 32.0 Å². The molecule has 0 spiro atoms. The summed E-state index contributed by atoms with van der Waals surface area (Å²) in [6.45, 7) is 2.53. The molecule has 2 aliphatic heterocycles. The Kier molecular flexibility index (Phi) is 5.78. The number of carbonyl (C=O) groups excluding carboxylic acids is 2. The van der Waals surface area contributed by atoms with E-state index in [9.17, 15) is 22.8 Å². The van der Waals surface area contributed by atoms with E-state index in [2.05, 4.69) is 4.98 Å². The minimum atomic E-state index is -4.41. The van der Waals surface area contributed by atoms with Gasteiger partial charge in [0, 0.05) is 44.8 Å². The number of carbonyl (C=O) groups is 2. The van der Waals surface area contributed by atoms with E-state index in [0.717, 1.165) is 12.3 Å². The van der Waals surface area contributed by atoms with Crippen LogP contribution in [0.5, 0.6) is 0 Å². The van der Waals surface area contributed by atoms with E-state index in [4.69, 9.17) is 5.73 Å². The maximum atomic E-state index is 12.8. The normalized spacial score (nSPS) is 22.4. The number of pyridine rings is 1. The first kappa shape index (κ1) is 20.4. The van der Waals surface area contributed by atoms with Crippen LogP contribution in [0.15, 0.2) is 18.3 Å². The Balaban J connectivity index is 1.56. The van der Waals surface area contributed by atoms with Crippen molar-refractivity contribution < 1.29 is 22.8 Å². The van der Waals surface area contributed by atoms with Crippen LogP contribution in [0.4, 0.5) is 19.0 Å². The molecular weight excluding hydrogens is 375 g/mol. The quantitative estimate of drug-likeness (QED) is 0.818. The van der Waals surface area contributed by atoms with E-state index in [1.54, 1.807) is 4.90 Å². The third-order valence-electron chi connectivity index (χ3n) is 5.53. The van der Waals surface area contributed by atoms with E-state index < -0.39 is 23.7 Å². The third-order valence-corrected chi connectivity index (χ3v) is 5.53. The maximum Gasteiger partial charge on any atom is 0.417 e. The van der Waals surface area contributed by atoms with Crippen LogP contribution in [0.2, 0.25) is 0 Å². The van der Waals surface area contributed by atoms with Gasteiger partial charge in [-0.3, -0.25) is 14.5 Å². The summed E-state index contributed by atoms with van der Waals surface area (Å²) in [6, 6.07) is 1.91. The predicted octanol–water partition coefficient (Wildman–Crippen LogP) is 0.945. The van der Waals surface area contributed by atoms with Gasteiger partial charge in [0.1, 0.15) is 11.9 Å². The molecule has 2 saturated heterocycles. The molecule has 28 heavy (non-hydrogen) atoms. The Morgan fingerprint density at radius 3 is 2.36 bits per heavy atom. The lowest BCUT2D eigenvalue weighted by molar-refractivity contribution is -0.141. The highest BCUT2D eigenvalue weighted by atomic mass is 19.4. The summed E-state index contributed by atoms with van der Waals surface area (Å²) < 4.78 is 38.0. The Bertz CT molecular complexity index is 717. The number of piperidine rings is 1. The van der Waals surface area contributed by atoms with Gasteiger partial charge in [0.2, 0.25) is 11.8 Å². The highest BCUT2D eigenvalue weighted by molar-refractivity contribution is 5.83. The van der Waals surface area contributed by atoms with Crippen molar-refractivity contribution in [1.29, 1.82) is 0 Å². The summed E-state index contributed by atoms with van der Waals surface area (Å²) in [5, 5.41) is 0. The number of nitrogens with zero attached hydrogens (tertiary/aromatic N) is 4. The zero-order chi connectivity index (χ0) is 20.5. The lowest BCUT2D eigenvalue weighted by Gasteiger charge is -2.40. The Morgan fingerprint density at radius 1 is 1.14 bits per heavy atom. The van der Waals surface area contributed by atoms with Gasteiger partial charge in [-0.2, -0.15) is 13.2 Å². The van der Waals surface area contributed by atoms with Crippen molar-refractivity contribution in [1.82, 2.24) is 14.8 Å². The van der Waals surface area contributed by atoms with E-state index in [1.165, 1.54) is 6.07 Å². The van der Waals surface area contributed by atoms with Gasteiger partial charge in [-0.1, -0.05) is 0 Å². The first-order chi connectivity index (χ1) is 13.2. The summed E-state index contributed by atoms with van der Waals surface area (Å²) in [5.74, 6) is -0.113. The van der Waals surface area contributed by atoms with Gasteiger partial charge < -0.3 is 15.5 Å². The molecule has 0 aliphatic carbocycles. The second-order valence-corrected chi connectivity index (χ2v) is 7.35. The van der Waals surface area contributed by atoms with E-state index in [1.807, 2.05) is 16.8 Å². The number of amides is 2. The number of likely N-dealkylation sites (N-methyl/N-ethyl adjacent to an activating group) is 1. The van der Waals surface area contributed by atoms with Gasteiger partial charge >= 0.3 is 6.18 Å². The van der Waals surface area contributed by atoms with Gasteiger partial charge in [-0.15, -0.1) is 0 Å². The van der Waals surface area contributed by atoms with Gasteiger partial charge in [0.25, 0.3) is 0 Å². The van der Waals surface area contributed by atoms with Crippen LogP contribution in [0.25, 0.3) is 0 Å². The van der Waals surface area contributed by atoms with E-state index in [-0.39, 0.29) is 11.8 Å². The molecule has 2 amide bonds. The summed E-state index contributed by atoms with van der Waals surface area (Å²) in [7, 11) is 1.81. The van der Waals surface area contributed by atoms with Crippen LogP contribution < -0.4 is 10.6 Å². The molecule has 10 heteroatoms. The third kappa shape index (κ3) is 4.37. The molecule has 2 fully saturated rings. The van der Waals surface area contributed by atoms with E-state index in [0.29, 0.717) is 51.4 Å². The highest BCUT2D eigenvalue weighted by Crippen LogP contribution is 2.30. The molecule has 154 valence electrons. The monoisotopic (exact) mass is 399 g/mol. The summed E-state index contributed by atoms with van der Waals surface area (Å²) in [6.07, 6.45) is -2.39. The molecule has 1 aromatic rings. The van der Waals surface area contributed by atoms with Crippen LogP contribution in [0.1, 0.15) is 18.4 Å². The molecule has 1 atom stereocenters. The Hall–Kier alpha value is -2.36. The average molecular weight is 399 g/mol. The molecule has 3 rings (SSSR count). The number of aromatic nitrogens is 1. The molecule has 2 aliphatic rings. The van der Waals surface area contributed by atoms with Gasteiger partial charge in [0.05, 0.1) is 5.56 Å². The topological polar surface area (TPSA) is 82.8 Å². The second-order valence-electron chi connectivity index (χ2n) is 7.35. The van der Waals surface area contributed by atoms with Crippen molar-refractivity contribution in [2.75, 3.05) is 44.7 Å². The number of nitrogens with two attached hydrogens (primary N) is 1. The summed E-state index contributed by atoms with van der Waals surface area (Å²) in [5.41, 5.74) is 4.64. The minimum Gasteiger partial charge on any atom is -0.368 e. The molecular formula is C18H24F3N5O2. The van der Waals surface area contributed by atoms with Crippen molar-refractivity contribution in [2.24, 2.45) is 11.7 Å². The lowest BCUT2D eigenvalue weighted by atomic mass is 9.94. The fourth-order valence-electron chi connectivity index (χ4n) is 3.74. The van der Waals surface area contributed by atoms with Crippen molar-refractivity contribution in [3.63, 3.8) is 0 Å². The largest absolute Gasteiger partial charge is 0.417 e. The minimum absolute atomic E-state index is 0.0133. The zero-order valence-corrected chi connectivity index (χ0v) is 15.7. The number of hydrogen-bond acceptors (Lipinski definition) is 5. The standard InChI is InChI=1S/C18H24F3N5O2/c1-24-8-9-26(11-14(24)16(22)27)17(28)12-4-6-25(7-5-12)15-3-2-13(10-23-15)18(19,20)21/h2-3,10,12,14H,4-9,11H2,1H3,(H2,22,27)/t14-/m0/s1. The van der Waals surface area contributed by atoms with Crippen molar-refractivity contribution in [2.45, 2.75) is 25.1 Å². The first-order valence-electron chi connectivity index (χ1n) is 9.23. The van der Waals surface area contributed by atoms with Crippen LogP contribution in [0, 0.1) is 5.92 Å². The van der Waals surface area contributed by atoms with Gasteiger partial charge in [0.15, 0.2) is 0 Å². The van der Waals surface area contributed by atoms with Crippen LogP contribution in [0.3, 0.4) is 0 Å². The fraction of sp³-hybridized carbons (Fsp3) is 0.611. The van der Waals surface area contributed by atoms with Crippen LogP contribution in [-0.2, 0) is 15.8 Å². The zero-order valence-electron chi connectivity index (χ0n) is 15.7. The predicted molar refractivity (Wildman–Crippen MR) is 96.4 cm³/mol. The Morgan fingerprint density at radius 2 is 1.82 bits per heavy atom. The van der Waals surface area contributed by atoms with Crippen LogP contribution in [-0.4, -0.2) is 72.4 Å². The molecule has 0 bridgehead atoms. The molecule has 3 heterocycles.